The van der Waals surface area contributed by atoms with Gasteiger partial charge in [-0.25, -0.2) is 0 Å². The summed E-state index contributed by atoms with van der Waals surface area (Å²) >= 11 is 3.70. The molecule has 2 saturated heterocycles. The van der Waals surface area contributed by atoms with Crippen LogP contribution >= 0.6 is 35.9 Å². The molecule has 0 radical (unpaired) electrons. The van der Waals surface area contributed by atoms with Gasteiger partial charge in [-0.2, -0.15) is 11.8 Å². The van der Waals surface area contributed by atoms with Crippen LogP contribution in [0.5, 0.6) is 5.75 Å². The van der Waals surface area contributed by atoms with Crippen LogP contribution in [-0.2, 0) is 4.79 Å². The lowest BCUT2D eigenvalue weighted by Gasteiger charge is -2.39. The second-order valence-corrected chi connectivity index (χ2v) is 7.89. The Balaban J connectivity index is 0.00000192. The van der Waals surface area contributed by atoms with Crippen molar-refractivity contribution in [2.75, 3.05) is 44.0 Å². The predicted octanol–water partition coefficient (Wildman–Crippen LogP) is 2.44. The summed E-state index contributed by atoms with van der Waals surface area (Å²) in [5.74, 6) is 4.32. The van der Waals surface area contributed by atoms with Crippen LogP contribution in [0.4, 0.5) is 0 Å². The highest BCUT2D eigenvalue weighted by Gasteiger charge is 2.34. The third-order valence-corrected chi connectivity index (χ3v) is 6.86. The van der Waals surface area contributed by atoms with E-state index in [1.54, 1.807) is 7.11 Å². The summed E-state index contributed by atoms with van der Waals surface area (Å²) in [4.78, 5) is 15.0. The molecule has 0 spiro atoms. The van der Waals surface area contributed by atoms with E-state index in [9.17, 15) is 4.79 Å². The Morgan fingerprint density at radius 1 is 1.35 bits per heavy atom. The lowest BCUT2D eigenvalue weighted by atomic mass is 10.0. The zero-order chi connectivity index (χ0) is 15.4. The Kier molecular flexibility index (Phi) is 7.40. The highest BCUT2D eigenvalue weighted by Crippen LogP contribution is 2.33. The maximum Gasteiger partial charge on any atom is 0.237 e. The van der Waals surface area contributed by atoms with Crippen LogP contribution in [-0.4, -0.2) is 60.1 Å². The van der Waals surface area contributed by atoms with Crippen molar-refractivity contribution in [2.45, 2.75) is 11.3 Å². The van der Waals surface area contributed by atoms with Crippen molar-refractivity contribution in [3.63, 3.8) is 0 Å². The standard InChI is InChI=1S/C16H22N2O2S2.ClH/c1-20-14-5-3-2-4-12(14)13-10-17-6-7-18(13)16(19)15-11-21-8-9-22-15;/h2-5,13,15,17H,6-11H2,1H3;1H. The molecule has 4 nitrogen and oxygen atoms in total. The number of para-hydroxylation sites is 1. The normalized spacial score (nSPS) is 24.7. The third-order valence-electron chi connectivity index (χ3n) is 4.12. The van der Waals surface area contributed by atoms with Gasteiger partial charge in [0.25, 0.3) is 0 Å². The Hall–Kier alpha value is -0.560. The fourth-order valence-corrected chi connectivity index (χ4v) is 5.62. The molecule has 2 atom stereocenters. The van der Waals surface area contributed by atoms with Crippen LogP contribution in [0.15, 0.2) is 24.3 Å². The maximum atomic E-state index is 13.0. The molecule has 0 saturated carbocycles. The molecule has 2 fully saturated rings. The van der Waals surface area contributed by atoms with Crippen LogP contribution < -0.4 is 10.1 Å². The molecule has 2 aliphatic rings. The van der Waals surface area contributed by atoms with E-state index < -0.39 is 0 Å². The number of benzene rings is 1. The summed E-state index contributed by atoms with van der Waals surface area (Å²) in [7, 11) is 1.69. The quantitative estimate of drug-likeness (QED) is 0.880. The molecule has 1 N–H and O–H groups in total. The molecule has 2 aliphatic heterocycles. The Labute approximate surface area is 152 Å². The summed E-state index contributed by atoms with van der Waals surface area (Å²) in [6.07, 6.45) is 0. The van der Waals surface area contributed by atoms with Crippen LogP contribution in [0.25, 0.3) is 0 Å². The monoisotopic (exact) mass is 374 g/mol. The van der Waals surface area contributed by atoms with Crippen molar-refractivity contribution in [3.05, 3.63) is 29.8 Å². The van der Waals surface area contributed by atoms with Crippen molar-refractivity contribution < 1.29 is 9.53 Å². The van der Waals surface area contributed by atoms with Gasteiger partial charge in [-0.05, 0) is 6.07 Å². The Morgan fingerprint density at radius 2 is 2.17 bits per heavy atom. The van der Waals surface area contributed by atoms with E-state index in [0.29, 0.717) is 0 Å². The number of nitrogens with one attached hydrogen (secondary N) is 1. The van der Waals surface area contributed by atoms with E-state index in [2.05, 4.69) is 16.3 Å². The van der Waals surface area contributed by atoms with Crippen molar-refractivity contribution >= 4 is 41.8 Å². The molecule has 0 bridgehead atoms. The number of methoxy groups -OCH3 is 1. The van der Waals surface area contributed by atoms with E-state index in [1.165, 1.54) is 0 Å². The number of rotatable bonds is 3. The summed E-state index contributed by atoms with van der Waals surface area (Å²) in [5.41, 5.74) is 1.10. The summed E-state index contributed by atoms with van der Waals surface area (Å²) < 4.78 is 5.50. The minimum Gasteiger partial charge on any atom is -0.496 e. The highest BCUT2D eigenvalue weighted by atomic mass is 35.5. The van der Waals surface area contributed by atoms with Gasteiger partial charge in [0.1, 0.15) is 5.75 Å². The molecule has 3 rings (SSSR count). The molecular formula is C16H23ClN2O2S2. The highest BCUT2D eigenvalue weighted by molar-refractivity contribution is 8.07. The maximum absolute atomic E-state index is 13.0. The zero-order valence-corrected chi connectivity index (χ0v) is 15.6. The average molecular weight is 375 g/mol. The van der Waals surface area contributed by atoms with Crippen molar-refractivity contribution in [1.82, 2.24) is 10.2 Å². The fraction of sp³-hybridized carbons (Fsp3) is 0.562. The zero-order valence-electron chi connectivity index (χ0n) is 13.2. The molecule has 1 aromatic carbocycles. The Morgan fingerprint density at radius 3 is 2.91 bits per heavy atom. The predicted molar refractivity (Wildman–Crippen MR) is 101 cm³/mol. The molecule has 7 heteroatoms. The minimum absolute atomic E-state index is 0. The van der Waals surface area contributed by atoms with Gasteiger partial charge in [0.2, 0.25) is 5.91 Å². The second kappa shape index (κ2) is 9.06. The number of thioether (sulfide) groups is 2. The molecule has 1 amide bonds. The first-order chi connectivity index (χ1) is 10.8. The number of carbonyl (C=O) groups excluding carboxylic acids is 1. The largest absolute Gasteiger partial charge is 0.496 e. The molecule has 2 heterocycles. The second-order valence-electron chi connectivity index (χ2n) is 5.43. The molecule has 23 heavy (non-hydrogen) atoms. The number of nitrogens with zero attached hydrogens (tertiary/aromatic N) is 1. The first-order valence-corrected chi connectivity index (χ1v) is 9.85. The van der Waals surface area contributed by atoms with Crippen LogP contribution in [0.3, 0.4) is 0 Å². The van der Waals surface area contributed by atoms with Crippen LogP contribution in [0, 0.1) is 0 Å². The van der Waals surface area contributed by atoms with Gasteiger partial charge >= 0.3 is 0 Å². The fourth-order valence-electron chi connectivity index (χ4n) is 3.00. The topological polar surface area (TPSA) is 41.6 Å². The number of hydrogen-bond acceptors (Lipinski definition) is 5. The number of ether oxygens (including phenoxy) is 1. The minimum atomic E-state index is 0. The first-order valence-electron chi connectivity index (χ1n) is 7.64. The van der Waals surface area contributed by atoms with E-state index in [-0.39, 0.29) is 29.6 Å². The van der Waals surface area contributed by atoms with Gasteiger partial charge in [0, 0.05) is 42.5 Å². The summed E-state index contributed by atoms with van der Waals surface area (Å²) in [6, 6.07) is 8.08. The Bertz CT molecular complexity index is 527. The molecule has 0 aliphatic carbocycles. The average Bonchev–Trinajstić information content (AvgIpc) is 2.62. The van der Waals surface area contributed by atoms with Crippen molar-refractivity contribution in [3.8, 4) is 5.75 Å². The number of halogens is 1. The summed E-state index contributed by atoms with van der Waals surface area (Å²) in [6.45, 7) is 2.42. The van der Waals surface area contributed by atoms with Gasteiger partial charge < -0.3 is 15.0 Å². The SMILES string of the molecule is COc1ccccc1C1CNCCN1C(=O)C1CSCCS1.Cl. The molecular weight excluding hydrogens is 352 g/mol. The third kappa shape index (κ3) is 4.29. The lowest BCUT2D eigenvalue weighted by Crippen LogP contribution is -2.52. The molecule has 1 aromatic rings. The van der Waals surface area contributed by atoms with Gasteiger partial charge in [-0.1, -0.05) is 18.2 Å². The number of amides is 1. The number of hydrogen-bond donors (Lipinski definition) is 1. The number of piperazine rings is 1. The van der Waals surface area contributed by atoms with E-state index in [4.69, 9.17) is 4.74 Å². The molecule has 0 aromatic heterocycles. The first kappa shape index (κ1) is 18.8. The smallest absolute Gasteiger partial charge is 0.237 e. The van der Waals surface area contributed by atoms with Crippen LogP contribution in [0.2, 0.25) is 0 Å². The van der Waals surface area contributed by atoms with E-state index >= 15 is 0 Å². The van der Waals surface area contributed by atoms with Crippen molar-refractivity contribution in [2.24, 2.45) is 0 Å². The van der Waals surface area contributed by atoms with Gasteiger partial charge in [-0.15, -0.1) is 24.2 Å². The summed E-state index contributed by atoms with van der Waals surface area (Å²) in [5, 5.41) is 3.52. The van der Waals surface area contributed by atoms with Gasteiger partial charge in [0.05, 0.1) is 18.4 Å². The van der Waals surface area contributed by atoms with Crippen molar-refractivity contribution in [1.29, 1.82) is 0 Å². The lowest BCUT2D eigenvalue weighted by molar-refractivity contribution is -0.133. The molecule has 128 valence electrons. The van der Waals surface area contributed by atoms with E-state index in [1.807, 2.05) is 41.7 Å². The number of carbonyl (C=O) groups is 1. The van der Waals surface area contributed by atoms with E-state index in [0.717, 1.165) is 48.2 Å². The van der Waals surface area contributed by atoms with Gasteiger partial charge in [-0.3, -0.25) is 4.79 Å². The van der Waals surface area contributed by atoms with Gasteiger partial charge in [0.15, 0.2) is 0 Å². The molecule has 2 unspecified atom stereocenters. The van der Waals surface area contributed by atoms with Crippen LogP contribution in [0.1, 0.15) is 11.6 Å².